The zero-order valence-corrected chi connectivity index (χ0v) is 12.1. The van der Waals surface area contributed by atoms with Gasteiger partial charge in [-0.3, -0.25) is 4.79 Å². The molecule has 4 nitrogen and oxygen atoms in total. The van der Waals surface area contributed by atoms with Crippen LogP contribution in [0.25, 0.3) is 0 Å². The van der Waals surface area contributed by atoms with E-state index in [2.05, 4.69) is 0 Å². The summed E-state index contributed by atoms with van der Waals surface area (Å²) >= 11 is 0. The Morgan fingerprint density at radius 2 is 1.78 bits per heavy atom. The molecule has 0 spiro atoms. The molecule has 0 aromatic carbocycles. The molecule has 0 aliphatic carbocycles. The number of hydrogen-bond acceptors (Lipinski definition) is 3. The van der Waals surface area contributed by atoms with Gasteiger partial charge in [-0.1, -0.05) is 41.5 Å². The van der Waals surface area contributed by atoms with Crippen LogP contribution in [0.15, 0.2) is 11.6 Å². The molecule has 0 saturated carbocycles. The normalized spacial score (nSPS) is 24.8. The molecule has 102 valence electrons. The van der Waals surface area contributed by atoms with Crippen LogP contribution in [0, 0.1) is 10.8 Å². The van der Waals surface area contributed by atoms with Gasteiger partial charge in [0.1, 0.15) is 5.60 Å². The standard InChI is InChI=1S/C14H23NO3/c1-12(2,3)9-7-14(8-10(15)16,13(4,5)6)18-11(9)17/h7H,8H2,1-6H3,(H2,15,16). The Labute approximate surface area is 109 Å². The quantitative estimate of drug-likeness (QED) is 0.767. The third-order valence-electron chi connectivity index (χ3n) is 3.39. The van der Waals surface area contributed by atoms with Crippen LogP contribution >= 0.6 is 0 Å². The summed E-state index contributed by atoms with van der Waals surface area (Å²) in [5.41, 5.74) is 4.28. The van der Waals surface area contributed by atoms with E-state index in [0.717, 1.165) is 0 Å². The Morgan fingerprint density at radius 3 is 2.06 bits per heavy atom. The number of primary amides is 1. The van der Waals surface area contributed by atoms with E-state index in [1.165, 1.54) is 0 Å². The first-order valence-corrected chi connectivity index (χ1v) is 6.14. The summed E-state index contributed by atoms with van der Waals surface area (Å²) in [7, 11) is 0. The van der Waals surface area contributed by atoms with Crippen molar-refractivity contribution in [3.05, 3.63) is 11.6 Å². The third-order valence-corrected chi connectivity index (χ3v) is 3.39. The molecule has 18 heavy (non-hydrogen) atoms. The predicted molar refractivity (Wildman–Crippen MR) is 69.6 cm³/mol. The first-order valence-electron chi connectivity index (χ1n) is 6.14. The molecule has 0 bridgehead atoms. The summed E-state index contributed by atoms with van der Waals surface area (Å²) in [6.45, 7) is 11.7. The largest absolute Gasteiger partial charge is 0.450 e. The van der Waals surface area contributed by atoms with E-state index in [0.29, 0.717) is 5.57 Å². The van der Waals surface area contributed by atoms with Crippen LogP contribution in [0.4, 0.5) is 0 Å². The zero-order chi connectivity index (χ0) is 14.4. The Bertz CT molecular complexity index is 410. The second-order valence-corrected chi connectivity index (χ2v) is 6.98. The Hall–Kier alpha value is -1.32. The minimum atomic E-state index is -0.932. The second-order valence-electron chi connectivity index (χ2n) is 6.98. The fraction of sp³-hybridized carbons (Fsp3) is 0.714. The molecule has 0 saturated heterocycles. The number of carbonyl (C=O) groups is 2. The molecule has 1 aliphatic rings. The van der Waals surface area contributed by atoms with Gasteiger partial charge in [0.15, 0.2) is 0 Å². The molecule has 0 aromatic rings. The van der Waals surface area contributed by atoms with Gasteiger partial charge >= 0.3 is 5.97 Å². The van der Waals surface area contributed by atoms with Gasteiger partial charge in [0.2, 0.25) is 5.91 Å². The molecule has 1 aliphatic heterocycles. The lowest BCUT2D eigenvalue weighted by atomic mass is 9.72. The maximum absolute atomic E-state index is 12.0. The van der Waals surface area contributed by atoms with Gasteiger partial charge in [0, 0.05) is 11.0 Å². The van der Waals surface area contributed by atoms with Crippen molar-refractivity contribution in [3.8, 4) is 0 Å². The van der Waals surface area contributed by atoms with E-state index in [1.54, 1.807) is 6.08 Å². The Balaban J connectivity index is 3.29. The van der Waals surface area contributed by atoms with Gasteiger partial charge in [0.05, 0.1) is 6.42 Å². The summed E-state index contributed by atoms with van der Waals surface area (Å²) in [6.07, 6.45) is 1.81. The number of cyclic esters (lactones) is 1. The van der Waals surface area contributed by atoms with Crippen LogP contribution in [0.5, 0.6) is 0 Å². The summed E-state index contributed by atoms with van der Waals surface area (Å²) in [6, 6.07) is 0. The van der Waals surface area contributed by atoms with E-state index < -0.39 is 11.5 Å². The van der Waals surface area contributed by atoms with Gasteiger partial charge in [0.25, 0.3) is 0 Å². The highest BCUT2D eigenvalue weighted by atomic mass is 16.6. The van der Waals surface area contributed by atoms with Gasteiger partial charge in [-0.05, 0) is 11.5 Å². The Kier molecular flexibility index (Phi) is 3.36. The van der Waals surface area contributed by atoms with Gasteiger partial charge in [-0.25, -0.2) is 4.79 Å². The molecule has 0 radical (unpaired) electrons. The van der Waals surface area contributed by atoms with E-state index in [4.69, 9.17) is 10.5 Å². The highest BCUT2D eigenvalue weighted by Crippen LogP contribution is 2.46. The number of nitrogens with two attached hydrogens (primary N) is 1. The van der Waals surface area contributed by atoms with E-state index in [1.807, 2.05) is 41.5 Å². The van der Waals surface area contributed by atoms with Crippen molar-refractivity contribution in [3.63, 3.8) is 0 Å². The Morgan fingerprint density at radius 1 is 1.28 bits per heavy atom. The van der Waals surface area contributed by atoms with Crippen molar-refractivity contribution in [2.24, 2.45) is 16.6 Å². The molecular formula is C14H23NO3. The van der Waals surface area contributed by atoms with Gasteiger partial charge in [-0.2, -0.15) is 0 Å². The molecule has 0 fully saturated rings. The van der Waals surface area contributed by atoms with Crippen LogP contribution in [0.3, 0.4) is 0 Å². The maximum atomic E-state index is 12.0. The lowest BCUT2D eigenvalue weighted by Gasteiger charge is -2.38. The van der Waals surface area contributed by atoms with Crippen LogP contribution in [0.1, 0.15) is 48.0 Å². The molecule has 4 heteroatoms. The van der Waals surface area contributed by atoms with Gasteiger partial charge < -0.3 is 10.5 Å². The van der Waals surface area contributed by atoms with Crippen molar-refractivity contribution < 1.29 is 14.3 Å². The van der Waals surface area contributed by atoms with Crippen molar-refractivity contribution in [1.29, 1.82) is 0 Å². The minimum Gasteiger partial charge on any atom is -0.450 e. The number of esters is 1. The number of carbonyl (C=O) groups excluding carboxylic acids is 2. The van der Waals surface area contributed by atoms with Crippen molar-refractivity contribution in [2.45, 2.75) is 53.6 Å². The molecule has 1 unspecified atom stereocenters. The van der Waals surface area contributed by atoms with Crippen LogP contribution < -0.4 is 5.73 Å². The molecule has 1 rings (SSSR count). The fourth-order valence-corrected chi connectivity index (χ4v) is 2.05. The van der Waals surface area contributed by atoms with Crippen molar-refractivity contribution in [1.82, 2.24) is 0 Å². The first kappa shape index (κ1) is 14.7. The summed E-state index contributed by atoms with van der Waals surface area (Å²) in [4.78, 5) is 23.3. The predicted octanol–water partition coefficient (Wildman–Crippen LogP) is 2.18. The minimum absolute atomic E-state index is 0.0157. The van der Waals surface area contributed by atoms with E-state index >= 15 is 0 Å². The molecule has 1 atom stereocenters. The lowest BCUT2D eigenvalue weighted by Crippen LogP contribution is -2.45. The van der Waals surface area contributed by atoms with Crippen LogP contribution in [-0.4, -0.2) is 17.5 Å². The van der Waals surface area contributed by atoms with Crippen LogP contribution in [-0.2, 0) is 14.3 Å². The topological polar surface area (TPSA) is 69.4 Å². The van der Waals surface area contributed by atoms with Crippen molar-refractivity contribution >= 4 is 11.9 Å². The highest BCUT2D eigenvalue weighted by Gasteiger charge is 2.51. The maximum Gasteiger partial charge on any atom is 0.335 e. The summed E-state index contributed by atoms with van der Waals surface area (Å²) < 4.78 is 5.53. The van der Waals surface area contributed by atoms with Crippen LogP contribution in [0.2, 0.25) is 0 Å². The number of rotatable bonds is 2. The first-order chi connectivity index (χ1) is 7.89. The number of hydrogen-bond donors (Lipinski definition) is 1. The molecule has 2 N–H and O–H groups in total. The lowest BCUT2D eigenvalue weighted by molar-refractivity contribution is -0.158. The summed E-state index contributed by atoms with van der Waals surface area (Å²) in [5, 5.41) is 0. The molecule has 0 aromatic heterocycles. The van der Waals surface area contributed by atoms with E-state index in [-0.39, 0.29) is 23.2 Å². The second kappa shape index (κ2) is 4.11. The molecular weight excluding hydrogens is 230 g/mol. The zero-order valence-electron chi connectivity index (χ0n) is 12.1. The van der Waals surface area contributed by atoms with Gasteiger partial charge in [-0.15, -0.1) is 0 Å². The monoisotopic (exact) mass is 253 g/mol. The number of ether oxygens (including phenoxy) is 1. The smallest absolute Gasteiger partial charge is 0.335 e. The SMILES string of the molecule is CC(C)(C)C1=CC(CC(N)=O)(C(C)(C)C)OC1=O. The average Bonchev–Trinajstić information content (AvgIpc) is 2.40. The van der Waals surface area contributed by atoms with Crippen molar-refractivity contribution in [2.75, 3.05) is 0 Å². The fourth-order valence-electron chi connectivity index (χ4n) is 2.05. The highest BCUT2D eigenvalue weighted by molar-refractivity contribution is 5.94. The average molecular weight is 253 g/mol. The summed E-state index contributed by atoms with van der Waals surface area (Å²) in [5.74, 6) is -0.817. The van der Waals surface area contributed by atoms with E-state index in [9.17, 15) is 9.59 Å². The third kappa shape index (κ3) is 2.57. The molecule has 1 heterocycles. The molecule has 1 amide bonds. The number of amides is 1.